The number of allylic oxidation sites excluding steroid dienone is 1. The van der Waals surface area contributed by atoms with Crippen molar-refractivity contribution in [3.8, 4) is 0 Å². The standard InChI is InChI=1S/C44H67N5O10/c1-13-26(5)37-40(53)46-31(10)44(57)59-38(27(6)14-2)29(8)34(50)21-20-28(7)43(56)58-35(22-25(3)4)39(52)45-30(9)41(54)49(12)33(23-32-18-16-15-17-19-32)42(55)48(11)24-36(51)47-37/h14-20,25-26,29-31,33-35,37-38,50H,13,21-24H2,1-12H3,(H,45,52)(H,46,53)(H,47,51)/b27-14+,28-20+/t26-,29-,30-,31-,33?,34-,35?,37-,38+/m0/s1. The average Bonchev–Trinajstić information content (AvgIpc) is 3.20. The maximum absolute atomic E-state index is 14.1. The van der Waals surface area contributed by atoms with Crippen LogP contribution in [0.2, 0.25) is 0 Å². The molecular formula is C44H67N5O10. The van der Waals surface area contributed by atoms with E-state index >= 15 is 0 Å². The lowest BCUT2D eigenvalue weighted by Gasteiger charge is -2.33. The van der Waals surface area contributed by atoms with Crippen molar-refractivity contribution < 1.29 is 48.1 Å². The molecule has 0 bridgehead atoms. The van der Waals surface area contributed by atoms with E-state index in [9.17, 15) is 38.7 Å². The van der Waals surface area contributed by atoms with E-state index in [1.807, 2.05) is 26.8 Å². The van der Waals surface area contributed by atoms with Gasteiger partial charge in [0.25, 0.3) is 5.91 Å². The zero-order valence-electron chi connectivity index (χ0n) is 36.9. The van der Waals surface area contributed by atoms with Crippen LogP contribution in [0.1, 0.15) is 94.1 Å². The molecule has 0 fully saturated rings. The number of esters is 2. The molecule has 9 atom stereocenters. The summed E-state index contributed by atoms with van der Waals surface area (Å²) in [6, 6.07) is 4.53. The van der Waals surface area contributed by atoms with Crippen molar-refractivity contribution in [3.05, 3.63) is 59.2 Å². The van der Waals surface area contributed by atoms with Gasteiger partial charge in [0, 0.05) is 32.0 Å². The number of cyclic esters (lactones) is 2. The highest BCUT2D eigenvalue weighted by atomic mass is 16.6. The molecule has 5 amide bonds. The summed E-state index contributed by atoms with van der Waals surface area (Å²) in [5.41, 5.74) is 1.51. The number of ether oxygens (including phenoxy) is 2. The number of amides is 5. The van der Waals surface area contributed by atoms with Gasteiger partial charge in [0.1, 0.15) is 30.3 Å². The van der Waals surface area contributed by atoms with Gasteiger partial charge in [0.15, 0.2) is 6.10 Å². The third-order valence-electron chi connectivity index (χ3n) is 10.8. The summed E-state index contributed by atoms with van der Waals surface area (Å²) in [6.07, 6.45) is 0.687. The molecule has 1 aromatic rings. The first-order valence-corrected chi connectivity index (χ1v) is 20.5. The molecule has 59 heavy (non-hydrogen) atoms. The Balaban J connectivity index is 2.62. The number of rotatable bonds is 7. The van der Waals surface area contributed by atoms with Crippen LogP contribution in [0, 0.1) is 17.8 Å². The minimum absolute atomic E-state index is 0.0211. The second kappa shape index (κ2) is 23.5. The Kier molecular flexibility index (Phi) is 20.0. The maximum Gasteiger partial charge on any atom is 0.334 e. The summed E-state index contributed by atoms with van der Waals surface area (Å²) < 4.78 is 11.5. The van der Waals surface area contributed by atoms with Crippen molar-refractivity contribution in [3.63, 3.8) is 0 Å². The quantitative estimate of drug-likeness (QED) is 0.234. The smallest absolute Gasteiger partial charge is 0.334 e. The van der Waals surface area contributed by atoms with Gasteiger partial charge in [-0.25, -0.2) is 9.59 Å². The van der Waals surface area contributed by atoms with Gasteiger partial charge in [0.05, 0.1) is 12.6 Å². The molecule has 1 aromatic carbocycles. The second-order valence-electron chi connectivity index (χ2n) is 16.2. The number of aliphatic hydroxyl groups excluding tert-OH is 1. The van der Waals surface area contributed by atoms with Gasteiger partial charge in [-0.15, -0.1) is 0 Å². The summed E-state index contributed by atoms with van der Waals surface area (Å²) in [5, 5.41) is 19.3. The van der Waals surface area contributed by atoms with E-state index in [2.05, 4.69) is 16.0 Å². The Morgan fingerprint density at radius 3 is 2.08 bits per heavy atom. The molecule has 1 aliphatic heterocycles. The predicted molar refractivity (Wildman–Crippen MR) is 223 cm³/mol. The molecule has 15 nitrogen and oxygen atoms in total. The van der Waals surface area contributed by atoms with Crippen LogP contribution < -0.4 is 16.0 Å². The first-order valence-electron chi connectivity index (χ1n) is 20.5. The number of nitrogens with one attached hydrogen (secondary N) is 3. The van der Waals surface area contributed by atoms with Crippen LogP contribution in [0.5, 0.6) is 0 Å². The van der Waals surface area contributed by atoms with Crippen molar-refractivity contribution in [1.82, 2.24) is 25.8 Å². The number of carbonyl (C=O) groups is 7. The molecule has 0 radical (unpaired) electrons. The van der Waals surface area contributed by atoms with Crippen molar-refractivity contribution in [1.29, 1.82) is 0 Å². The van der Waals surface area contributed by atoms with Gasteiger partial charge in [-0.05, 0) is 70.4 Å². The summed E-state index contributed by atoms with van der Waals surface area (Å²) in [4.78, 5) is 98.0. The molecule has 4 N–H and O–H groups in total. The van der Waals surface area contributed by atoms with E-state index in [0.717, 1.165) is 5.56 Å². The molecule has 15 heteroatoms. The van der Waals surface area contributed by atoms with Crippen LogP contribution in [0.4, 0.5) is 0 Å². The van der Waals surface area contributed by atoms with E-state index in [4.69, 9.17) is 9.47 Å². The molecule has 2 rings (SSSR count). The summed E-state index contributed by atoms with van der Waals surface area (Å²) in [5.74, 6) is -5.83. The summed E-state index contributed by atoms with van der Waals surface area (Å²) >= 11 is 0. The Morgan fingerprint density at radius 1 is 0.898 bits per heavy atom. The van der Waals surface area contributed by atoms with Crippen molar-refractivity contribution in [2.75, 3.05) is 20.6 Å². The Hall–Kier alpha value is -5.05. The van der Waals surface area contributed by atoms with Crippen LogP contribution in [-0.2, 0) is 49.5 Å². The molecule has 0 aliphatic carbocycles. The lowest BCUT2D eigenvalue weighted by molar-refractivity contribution is -0.155. The predicted octanol–water partition coefficient (Wildman–Crippen LogP) is 3.24. The van der Waals surface area contributed by atoms with Gasteiger partial charge in [-0.1, -0.05) is 83.5 Å². The zero-order chi connectivity index (χ0) is 44.7. The molecule has 0 saturated heterocycles. The molecular weight excluding hydrogens is 759 g/mol. The highest BCUT2D eigenvalue weighted by Crippen LogP contribution is 2.24. The number of benzene rings is 1. The minimum atomic E-state index is -1.26. The fourth-order valence-corrected chi connectivity index (χ4v) is 6.55. The van der Waals surface area contributed by atoms with Gasteiger partial charge < -0.3 is 40.3 Å². The van der Waals surface area contributed by atoms with E-state index in [1.54, 1.807) is 58.0 Å². The van der Waals surface area contributed by atoms with Crippen LogP contribution in [0.3, 0.4) is 0 Å². The SMILES string of the molecule is C/C=C(\C)[C@H]1OC(=O)[C@H](C)NC(=O)[C@H]([C@@H](C)CC)NC(=O)CN(C)C(=O)C(Cc2ccccc2)N(C)C(=O)[C@H](C)NC(=O)C(CC(C)C)OC(=O)/C(C)=C/C[C@H](O)[C@@H]1C. The van der Waals surface area contributed by atoms with E-state index < -0.39 is 96.4 Å². The third kappa shape index (κ3) is 14.9. The van der Waals surface area contributed by atoms with Crippen LogP contribution in [0.15, 0.2) is 53.6 Å². The van der Waals surface area contributed by atoms with Gasteiger partial charge >= 0.3 is 11.9 Å². The molecule has 1 heterocycles. The largest absolute Gasteiger partial charge is 0.456 e. The molecule has 0 spiro atoms. The lowest BCUT2D eigenvalue weighted by Crippen LogP contribution is -2.57. The van der Waals surface area contributed by atoms with E-state index in [0.29, 0.717) is 12.0 Å². The number of hydrogen-bond acceptors (Lipinski definition) is 10. The average molecular weight is 826 g/mol. The Bertz CT molecular complexity index is 1700. The molecule has 1 aliphatic rings. The monoisotopic (exact) mass is 825 g/mol. The first-order chi connectivity index (χ1) is 27.6. The van der Waals surface area contributed by atoms with Crippen molar-refractivity contribution in [2.24, 2.45) is 17.8 Å². The third-order valence-corrected chi connectivity index (χ3v) is 10.8. The zero-order valence-corrected chi connectivity index (χ0v) is 36.9. The Labute approximate surface area is 349 Å². The van der Waals surface area contributed by atoms with Crippen LogP contribution >= 0.6 is 0 Å². The molecule has 2 unspecified atom stereocenters. The highest BCUT2D eigenvalue weighted by Gasteiger charge is 2.36. The Morgan fingerprint density at radius 2 is 1.51 bits per heavy atom. The first kappa shape index (κ1) is 50.1. The number of nitrogens with zero attached hydrogens (tertiary/aromatic N) is 2. The highest BCUT2D eigenvalue weighted by molar-refractivity contribution is 5.96. The number of hydrogen-bond donors (Lipinski definition) is 4. The lowest BCUT2D eigenvalue weighted by atomic mass is 9.90. The van der Waals surface area contributed by atoms with E-state index in [-0.39, 0.29) is 36.7 Å². The fraction of sp³-hybridized carbons (Fsp3) is 0.614. The molecule has 328 valence electrons. The maximum atomic E-state index is 14.1. The van der Waals surface area contributed by atoms with Crippen molar-refractivity contribution in [2.45, 2.75) is 137 Å². The van der Waals surface area contributed by atoms with Crippen molar-refractivity contribution >= 4 is 41.5 Å². The fourth-order valence-electron chi connectivity index (χ4n) is 6.55. The summed E-state index contributed by atoms with van der Waals surface area (Å²) in [6.45, 7) is 16.5. The molecule has 0 saturated carbocycles. The number of carbonyl (C=O) groups excluding carboxylic acids is 7. The molecule has 0 aromatic heterocycles. The second-order valence-corrected chi connectivity index (χ2v) is 16.2. The van der Waals surface area contributed by atoms with Crippen LogP contribution in [0.25, 0.3) is 0 Å². The minimum Gasteiger partial charge on any atom is -0.456 e. The van der Waals surface area contributed by atoms with Crippen LogP contribution in [-0.4, -0.2) is 120 Å². The van der Waals surface area contributed by atoms with Gasteiger partial charge in [-0.3, -0.25) is 24.0 Å². The van der Waals surface area contributed by atoms with E-state index in [1.165, 1.54) is 50.7 Å². The normalized spacial score (nSPS) is 28.8. The topological polar surface area (TPSA) is 201 Å². The van der Waals surface area contributed by atoms with Gasteiger partial charge in [0.2, 0.25) is 23.6 Å². The number of likely N-dealkylation sites (N-methyl/N-ethyl adjacent to an activating group) is 2. The summed E-state index contributed by atoms with van der Waals surface area (Å²) in [7, 11) is 2.85. The number of aliphatic hydroxyl groups is 1. The van der Waals surface area contributed by atoms with Gasteiger partial charge in [-0.2, -0.15) is 0 Å².